The number of nitrogens with one attached hydrogen (secondary N) is 1. The number of nitrogens with zero attached hydrogens (tertiary/aromatic N) is 3. The largest absolute Gasteiger partial charge is 0.447 e. The number of carbonyl (C=O) groups excluding carboxylic acids is 1. The fourth-order valence-corrected chi connectivity index (χ4v) is 3.30. The summed E-state index contributed by atoms with van der Waals surface area (Å²) in [5.74, 6) is 1.51. The molecule has 0 aliphatic heterocycles. The Balaban J connectivity index is 1.55. The van der Waals surface area contributed by atoms with Gasteiger partial charge in [-0.2, -0.15) is 0 Å². The Hall–Kier alpha value is -2.15. The van der Waals surface area contributed by atoms with Crippen LogP contribution in [0, 0.1) is 6.92 Å². The molecular weight excluding hydrogens is 308 g/mol. The molecule has 0 bridgehead atoms. The van der Waals surface area contributed by atoms with E-state index >= 15 is 0 Å². The van der Waals surface area contributed by atoms with E-state index in [9.17, 15) is 4.79 Å². The molecule has 2 aromatic rings. The zero-order valence-corrected chi connectivity index (χ0v) is 14.2. The van der Waals surface area contributed by atoms with Crippen molar-refractivity contribution in [3.63, 3.8) is 0 Å². The first kappa shape index (κ1) is 16.7. The standard InChI is InChI=1S/C17H24N4O3/c1-12-15-11-19-16(21(15)8-7-18-12)13-3-5-14(6-4-13)20-17(22)24-10-9-23-2/h7-8,11,13-14H,3-6,9-10H2,1-2H3,(H,20,22). The molecule has 1 amide bonds. The van der Waals surface area contributed by atoms with Crippen LogP contribution in [0.1, 0.15) is 43.1 Å². The van der Waals surface area contributed by atoms with Crippen LogP contribution in [0.4, 0.5) is 4.79 Å². The minimum absolute atomic E-state index is 0.172. The van der Waals surface area contributed by atoms with Crippen molar-refractivity contribution in [3.8, 4) is 0 Å². The molecule has 1 fully saturated rings. The van der Waals surface area contributed by atoms with Gasteiger partial charge in [0.2, 0.25) is 0 Å². The Kier molecular flexibility index (Phi) is 5.30. The van der Waals surface area contributed by atoms with Crippen LogP contribution in [0.5, 0.6) is 0 Å². The Labute approximate surface area is 141 Å². The first-order valence-corrected chi connectivity index (χ1v) is 8.40. The van der Waals surface area contributed by atoms with E-state index in [0.29, 0.717) is 12.5 Å². The molecule has 24 heavy (non-hydrogen) atoms. The van der Waals surface area contributed by atoms with E-state index in [0.717, 1.165) is 42.7 Å². The summed E-state index contributed by atoms with van der Waals surface area (Å²) in [7, 11) is 1.58. The summed E-state index contributed by atoms with van der Waals surface area (Å²) in [5.41, 5.74) is 2.06. The maximum absolute atomic E-state index is 11.7. The minimum Gasteiger partial charge on any atom is -0.447 e. The summed E-state index contributed by atoms with van der Waals surface area (Å²) in [6, 6.07) is 0.172. The average molecular weight is 332 g/mol. The molecule has 0 saturated heterocycles. The van der Waals surface area contributed by atoms with Crippen LogP contribution in [0.3, 0.4) is 0 Å². The van der Waals surface area contributed by atoms with Gasteiger partial charge in [-0.1, -0.05) is 0 Å². The molecule has 7 heteroatoms. The van der Waals surface area contributed by atoms with Crippen molar-refractivity contribution < 1.29 is 14.3 Å². The van der Waals surface area contributed by atoms with Crippen molar-refractivity contribution in [2.45, 2.75) is 44.6 Å². The van der Waals surface area contributed by atoms with E-state index in [4.69, 9.17) is 9.47 Å². The number of alkyl carbamates (subject to hydrolysis) is 1. The molecule has 0 radical (unpaired) electrons. The Morgan fingerprint density at radius 1 is 1.29 bits per heavy atom. The number of fused-ring (bicyclic) bond motifs is 1. The van der Waals surface area contributed by atoms with E-state index in [1.807, 2.05) is 25.5 Å². The smallest absolute Gasteiger partial charge is 0.407 e. The van der Waals surface area contributed by atoms with Gasteiger partial charge in [-0.25, -0.2) is 9.78 Å². The highest BCUT2D eigenvalue weighted by Crippen LogP contribution is 2.32. The number of rotatable bonds is 5. The lowest BCUT2D eigenvalue weighted by molar-refractivity contribution is 0.0949. The molecule has 1 N–H and O–H groups in total. The number of hydrogen-bond acceptors (Lipinski definition) is 5. The van der Waals surface area contributed by atoms with Gasteiger partial charge < -0.3 is 19.2 Å². The Bertz CT molecular complexity index is 692. The fourth-order valence-electron chi connectivity index (χ4n) is 3.30. The van der Waals surface area contributed by atoms with Crippen LogP contribution in [-0.4, -0.2) is 46.8 Å². The second-order valence-corrected chi connectivity index (χ2v) is 6.21. The van der Waals surface area contributed by atoms with Gasteiger partial charge in [0.15, 0.2) is 0 Å². The van der Waals surface area contributed by atoms with Gasteiger partial charge in [0.05, 0.1) is 24.0 Å². The van der Waals surface area contributed by atoms with Gasteiger partial charge in [0, 0.05) is 31.5 Å². The topological polar surface area (TPSA) is 77.8 Å². The average Bonchev–Trinajstić information content (AvgIpc) is 3.01. The van der Waals surface area contributed by atoms with E-state index in [2.05, 4.69) is 19.7 Å². The summed E-state index contributed by atoms with van der Waals surface area (Å²) in [5, 5.41) is 2.94. The quantitative estimate of drug-likeness (QED) is 0.851. The number of ether oxygens (including phenoxy) is 2. The summed E-state index contributed by atoms with van der Waals surface area (Å²) in [6.07, 6.45) is 9.20. The van der Waals surface area contributed by atoms with Crippen LogP contribution in [0.15, 0.2) is 18.6 Å². The second kappa shape index (κ2) is 7.61. The SMILES string of the molecule is COCCOC(=O)NC1CCC(c2ncc3c(C)nccn23)CC1. The van der Waals surface area contributed by atoms with E-state index in [1.165, 1.54) is 0 Å². The van der Waals surface area contributed by atoms with Crippen molar-refractivity contribution >= 4 is 11.6 Å². The molecule has 1 saturated carbocycles. The number of methoxy groups -OCH3 is 1. The molecule has 2 heterocycles. The van der Waals surface area contributed by atoms with E-state index in [1.54, 1.807) is 7.11 Å². The lowest BCUT2D eigenvalue weighted by atomic mass is 9.85. The van der Waals surface area contributed by atoms with Gasteiger partial charge >= 0.3 is 6.09 Å². The molecule has 0 atom stereocenters. The molecule has 130 valence electrons. The number of amides is 1. The molecular formula is C17H24N4O3. The third-order valence-corrected chi connectivity index (χ3v) is 4.61. The van der Waals surface area contributed by atoms with Crippen LogP contribution < -0.4 is 5.32 Å². The second-order valence-electron chi connectivity index (χ2n) is 6.21. The van der Waals surface area contributed by atoms with Gasteiger partial charge in [-0.05, 0) is 32.6 Å². The van der Waals surface area contributed by atoms with Gasteiger partial charge in [0.1, 0.15) is 12.4 Å². The number of imidazole rings is 1. The lowest BCUT2D eigenvalue weighted by Crippen LogP contribution is -2.38. The number of aromatic nitrogens is 3. The zero-order chi connectivity index (χ0) is 16.9. The fraction of sp³-hybridized carbons (Fsp3) is 0.588. The summed E-state index contributed by atoms with van der Waals surface area (Å²) >= 11 is 0. The van der Waals surface area contributed by atoms with Crippen LogP contribution in [-0.2, 0) is 9.47 Å². The van der Waals surface area contributed by atoms with E-state index in [-0.39, 0.29) is 18.7 Å². The summed E-state index contributed by atoms with van der Waals surface area (Å²) in [6.45, 7) is 2.70. The van der Waals surface area contributed by atoms with Crippen molar-refractivity contribution in [1.29, 1.82) is 0 Å². The molecule has 3 rings (SSSR count). The highest BCUT2D eigenvalue weighted by atomic mass is 16.6. The molecule has 0 aromatic carbocycles. The highest BCUT2D eigenvalue weighted by molar-refractivity contribution is 5.67. The van der Waals surface area contributed by atoms with Crippen molar-refractivity contribution in [3.05, 3.63) is 30.1 Å². The monoisotopic (exact) mass is 332 g/mol. The molecule has 0 spiro atoms. The summed E-state index contributed by atoms with van der Waals surface area (Å²) in [4.78, 5) is 20.6. The van der Waals surface area contributed by atoms with Crippen LogP contribution in [0.25, 0.3) is 5.52 Å². The molecule has 0 unspecified atom stereocenters. The van der Waals surface area contributed by atoms with Crippen molar-refractivity contribution in [2.24, 2.45) is 0 Å². The maximum Gasteiger partial charge on any atom is 0.407 e. The molecule has 2 aromatic heterocycles. The van der Waals surface area contributed by atoms with Gasteiger partial charge in [-0.3, -0.25) is 4.98 Å². The summed E-state index contributed by atoms with van der Waals surface area (Å²) < 4.78 is 12.1. The van der Waals surface area contributed by atoms with Crippen LogP contribution in [0.2, 0.25) is 0 Å². The number of hydrogen-bond donors (Lipinski definition) is 1. The predicted molar refractivity (Wildman–Crippen MR) is 89.1 cm³/mol. The van der Waals surface area contributed by atoms with E-state index < -0.39 is 0 Å². The van der Waals surface area contributed by atoms with Crippen molar-refractivity contribution in [2.75, 3.05) is 20.3 Å². The zero-order valence-electron chi connectivity index (χ0n) is 14.2. The number of aryl methyl sites for hydroxylation is 1. The van der Waals surface area contributed by atoms with Crippen LogP contribution >= 0.6 is 0 Å². The highest BCUT2D eigenvalue weighted by Gasteiger charge is 2.26. The first-order valence-electron chi connectivity index (χ1n) is 8.40. The molecule has 7 nitrogen and oxygen atoms in total. The first-order chi connectivity index (χ1) is 11.7. The molecule has 1 aliphatic rings. The third-order valence-electron chi connectivity index (χ3n) is 4.61. The predicted octanol–water partition coefficient (Wildman–Crippen LogP) is 2.44. The Morgan fingerprint density at radius 2 is 2.08 bits per heavy atom. The van der Waals surface area contributed by atoms with Gasteiger partial charge in [0.25, 0.3) is 0 Å². The molecule has 1 aliphatic carbocycles. The third kappa shape index (κ3) is 3.67. The lowest BCUT2D eigenvalue weighted by Gasteiger charge is -2.28. The Morgan fingerprint density at radius 3 is 2.83 bits per heavy atom. The number of carbonyl (C=O) groups is 1. The minimum atomic E-state index is -0.358. The maximum atomic E-state index is 11.7. The van der Waals surface area contributed by atoms with Crippen molar-refractivity contribution in [1.82, 2.24) is 19.7 Å². The van der Waals surface area contributed by atoms with Gasteiger partial charge in [-0.15, -0.1) is 0 Å². The normalized spacial score (nSPS) is 20.9.